The van der Waals surface area contributed by atoms with Crippen molar-refractivity contribution in [3.8, 4) is 0 Å². The fourth-order valence-electron chi connectivity index (χ4n) is 2.65. The Balaban J connectivity index is 2.35. The summed E-state index contributed by atoms with van der Waals surface area (Å²) in [4.78, 5) is 23.4. The van der Waals surface area contributed by atoms with Gasteiger partial charge in [0.1, 0.15) is 11.6 Å². The van der Waals surface area contributed by atoms with E-state index in [0.29, 0.717) is 30.3 Å². The third-order valence-electron chi connectivity index (χ3n) is 3.90. The minimum absolute atomic E-state index is 0.381. The van der Waals surface area contributed by atoms with Crippen molar-refractivity contribution in [3.05, 3.63) is 0 Å². The molecule has 0 bridgehead atoms. The number of rotatable bonds is 0. The first kappa shape index (κ1) is 15.4. The molecule has 0 spiro atoms. The number of hydrogen-bond donors (Lipinski definition) is 0. The van der Waals surface area contributed by atoms with E-state index in [1.54, 1.807) is 0 Å². The lowest BCUT2D eigenvalue weighted by atomic mass is 9.95. The van der Waals surface area contributed by atoms with Crippen molar-refractivity contribution in [1.82, 2.24) is 0 Å². The van der Waals surface area contributed by atoms with Crippen LogP contribution in [0.5, 0.6) is 0 Å². The third-order valence-corrected chi connectivity index (χ3v) is 3.90. The van der Waals surface area contributed by atoms with Gasteiger partial charge in [-0.05, 0) is 25.2 Å². The third kappa shape index (κ3) is 7.62. The number of hydrogen-bond acceptors (Lipinski definition) is 2. The van der Waals surface area contributed by atoms with Gasteiger partial charge >= 0.3 is 0 Å². The molecule has 1 unspecified atom stereocenters. The van der Waals surface area contributed by atoms with Crippen LogP contribution >= 0.6 is 0 Å². The zero-order valence-electron chi connectivity index (χ0n) is 11.9. The average molecular weight is 252 g/mol. The van der Waals surface area contributed by atoms with Crippen LogP contribution in [0.15, 0.2) is 0 Å². The molecule has 0 saturated heterocycles. The van der Waals surface area contributed by atoms with E-state index in [0.717, 1.165) is 32.1 Å². The molecule has 2 heteroatoms. The van der Waals surface area contributed by atoms with Gasteiger partial charge in [-0.2, -0.15) is 0 Å². The van der Waals surface area contributed by atoms with Crippen LogP contribution in [0.2, 0.25) is 0 Å². The van der Waals surface area contributed by atoms with E-state index in [9.17, 15) is 9.59 Å². The second-order valence-electron chi connectivity index (χ2n) is 5.90. The maximum atomic E-state index is 11.7. The fourth-order valence-corrected chi connectivity index (χ4v) is 2.65. The van der Waals surface area contributed by atoms with Crippen LogP contribution in [0.25, 0.3) is 0 Å². The first-order chi connectivity index (χ1) is 8.68. The van der Waals surface area contributed by atoms with Crippen molar-refractivity contribution in [1.29, 1.82) is 0 Å². The van der Waals surface area contributed by atoms with E-state index in [1.807, 2.05) is 0 Å². The lowest BCUT2D eigenvalue weighted by Gasteiger charge is -2.09. The molecular formula is C16H28O2. The summed E-state index contributed by atoms with van der Waals surface area (Å²) in [6, 6.07) is 0. The first-order valence-electron chi connectivity index (χ1n) is 7.72. The number of carbonyl (C=O) groups excluding carboxylic acids is 2. The molecule has 1 aliphatic carbocycles. The lowest BCUT2D eigenvalue weighted by Crippen LogP contribution is -2.08. The standard InChI is InChI=1S/C16H28O2/c1-14-11-12-15(17)9-7-5-3-2-4-6-8-10-16(18)13-14/h14H,2-13H2,1H3. The molecule has 0 aromatic heterocycles. The van der Waals surface area contributed by atoms with Gasteiger partial charge in [-0.3, -0.25) is 9.59 Å². The molecule has 1 saturated carbocycles. The molecule has 1 rings (SSSR count). The Bertz CT molecular complexity index is 258. The zero-order chi connectivity index (χ0) is 13.2. The molecule has 18 heavy (non-hydrogen) atoms. The maximum absolute atomic E-state index is 11.7. The molecule has 104 valence electrons. The minimum atomic E-state index is 0.381. The van der Waals surface area contributed by atoms with Crippen LogP contribution in [-0.4, -0.2) is 11.6 Å². The normalized spacial score (nSPS) is 26.4. The molecule has 1 atom stereocenters. The highest BCUT2D eigenvalue weighted by Gasteiger charge is 2.11. The Kier molecular flexibility index (Phi) is 7.95. The average Bonchev–Trinajstić information content (AvgIpc) is 2.33. The van der Waals surface area contributed by atoms with Crippen molar-refractivity contribution in [3.63, 3.8) is 0 Å². The van der Waals surface area contributed by atoms with Crippen LogP contribution < -0.4 is 0 Å². The monoisotopic (exact) mass is 252 g/mol. The number of ketones is 2. The van der Waals surface area contributed by atoms with Gasteiger partial charge in [-0.15, -0.1) is 0 Å². The molecule has 0 N–H and O–H groups in total. The Labute approximate surface area is 112 Å². The van der Waals surface area contributed by atoms with Gasteiger partial charge in [0.25, 0.3) is 0 Å². The number of Topliss-reactive ketones (excluding diaryl/α,β-unsaturated/α-hetero) is 2. The quantitative estimate of drug-likeness (QED) is 0.638. The SMILES string of the molecule is CC1CCC(=O)CCCCCCCCCC(=O)C1. The second kappa shape index (κ2) is 9.29. The number of carbonyl (C=O) groups is 2. The largest absolute Gasteiger partial charge is 0.300 e. The summed E-state index contributed by atoms with van der Waals surface area (Å²) in [6.45, 7) is 2.10. The zero-order valence-corrected chi connectivity index (χ0v) is 11.9. The first-order valence-corrected chi connectivity index (χ1v) is 7.72. The molecule has 0 heterocycles. The summed E-state index contributed by atoms with van der Waals surface area (Å²) in [5.74, 6) is 1.17. The predicted molar refractivity (Wildman–Crippen MR) is 74.6 cm³/mol. The summed E-state index contributed by atoms with van der Waals surface area (Å²) in [6.07, 6.45) is 12.0. The molecule has 0 radical (unpaired) electrons. The van der Waals surface area contributed by atoms with Gasteiger partial charge in [-0.1, -0.05) is 39.0 Å². The molecule has 2 nitrogen and oxygen atoms in total. The van der Waals surface area contributed by atoms with Crippen molar-refractivity contribution < 1.29 is 9.59 Å². The molecule has 0 amide bonds. The van der Waals surface area contributed by atoms with Gasteiger partial charge in [0.2, 0.25) is 0 Å². The maximum Gasteiger partial charge on any atom is 0.133 e. The van der Waals surface area contributed by atoms with Crippen molar-refractivity contribution in [2.75, 3.05) is 0 Å². The molecule has 1 fully saturated rings. The summed E-state index contributed by atoms with van der Waals surface area (Å²) in [5, 5.41) is 0. The molecule has 0 aromatic carbocycles. The predicted octanol–water partition coefficient (Wildman–Crippen LogP) is 4.46. The smallest absolute Gasteiger partial charge is 0.133 e. The highest BCUT2D eigenvalue weighted by Crippen LogP contribution is 2.17. The second-order valence-corrected chi connectivity index (χ2v) is 5.90. The van der Waals surface area contributed by atoms with E-state index in [2.05, 4.69) is 6.92 Å². The van der Waals surface area contributed by atoms with E-state index in [1.165, 1.54) is 32.1 Å². The van der Waals surface area contributed by atoms with Gasteiger partial charge in [0.05, 0.1) is 0 Å². The van der Waals surface area contributed by atoms with E-state index < -0.39 is 0 Å². The highest BCUT2D eigenvalue weighted by molar-refractivity contribution is 5.79. The van der Waals surface area contributed by atoms with Gasteiger partial charge in [0.15, 0.2) is 0 Å². The minimum Gasteiger partial charge on any atom is -0.300 e. The molecular weight excluding hydrogens is 224 g/mol. The Hall–Kier alpha value is -0.660. The van der Waals surface area contributed by atoms with Gasteiger partial charge < -0.3 is 0 Å². The summed E-state index contributed by atoms with van der Waals surface area (Å²) in [7, 11) is 0. The van der Waals surface area contributed by atoms with Crippen molar-refractivity contribution >= 4 is 11.6 Å². The summed E-state index contributed by atoms with van der Waals surface area (Å²) in [5.41, 5.74) is 0. The van der Waals surface area contributed by atoms with Crippen molar-refractivity contribution in [2.45, 2.75) is 84.0 Å². The van der Waals surface area contributed by atoms with Gasteiger partial charge in [-0.25, -0.2) is 0 Å². The molecule has 0 aliphatic heterocycles. The van der Waals surface area contributed by atoms with Crippen LogP contribution in [0, 0.1) is 5.92 Å². The van der Waals surface area contributed by atoms with Crippen LogP contribution in [0.3, 0.4) is 0 Å². The van der Waals surface area contributed by atoms with Crippen LogP contribution in [0.4, 0.5) is 0 Å². The van der Waals surface area contributed by atoms with Gasteiger partial charge in [0, 0.05) is 25.7 Å². The summed E-state index contributed by atoms with van der Waals surface area (Å²) >= 11 is 0. The fraction of sp³-hybridized carbons (Fsp3) is 0.875. The van der Waals surface area contributed by atoms with E-state index >= 15 is 0 Å². The highest BCUT2D eigenvalue weighted by atomic mass is 16.1. The Morgan fingerprint density at radius 1 is 0.722 bits per heavy atom. The molecule has 1 aliphatic rings. The van der Waals surface area contributed by atoms with E-state index in [4.69, 9.17) is 0 Å². The molecule has 0 aromatic rings. The Morgan fingerprint density at radius 3 is 1.83 bits per heavy atom. The topological polar surface area (TPSA) is 34.1 Å². The lowest BCUT2D eigenvalue weighted by molar-refractivity contribution is -0.121. The van der Waals surface area contributed by atoms with Crippen LogP contribution in [0.1, 0.15) is 84.0 Å². The summed E-state index contributed by atoms with van der Waals surface area (Å²) < 4.78 is 0. The van der Waals surface area contributed by atoms with Crippen LogP contribution in [-0.2, 0) is 9.59 Å². The Morgan fingerprint density at radius 2 is 1.22 bits per heavy atom. The van der Waals surface area contributed by atoms with E-state index in [-0.39, 0.29) is 0 Å². The van der Waals surface area contributed by atoms with Crippen molar-refractivity contribution in [2.24, 2.45) is 5.92 Å².